The van der Waals surface area contributed by atoms with E-state index in [9.17, 15) is 63.5 Å². The zero-order chi connectivity index (χ0) is 78.7. The third-order valence-corrected chi connectivity index (χ3v) is 14.9. The lowest BCUT2D eigenvalue weighted by atomic mass is 10.1. The SMILES string of the molecule is COc1cc(C(=O)O)cc2nc3cc(C(=O)O)cc(OC)c3nc12.COc1cc(C(=O)O)ccc1Nc1c(C)cc(C(=O)O)cc1N.COc1cc(C(=O)O)ccc1Nc1c(C)cc(C(=O)O)cc1[N+](=O)[O-].COc1cc(C(=O)O)ccc1Nc1ccc(C(=O)O)cc1C.COc1cc(C(=O)O)ccc1O. The van der Waals surface area contributed by atoms with Gasteiger partial charge in [0.05, 0.1) is 137 Å². The maximum absolute atomic E-state index is 11.3. The highest BCUT2D eigenvalue weighted by Crippen LogP contribution is 2.39. The Labute approximate surface area is 598 Å². The fraction of sp³-hybridized carbons (Fsp3) is 0.125. The van der Waals surface area contributed by atoms with E-state index in [1.807, 2.05) is 0 Å². The smallest absolute Gasteiger partial charge is 0.335 e. The summed E-state index contributed by atoms with van der Waals surface area (Å²) in [5, 5.41) is 110. The molecule has 0 radical (unpaired) electrons. The Morgan fingerprint density at radius 2 is 0.642 bits per heavy atom. The number of nitrogens with one attached hydrogen (secondary N) is 3. The average molecular weight is 1460 g/mol. The Hall–Kier alpha value is -15.0. The van der Waals surface area contributed by atoms with Crippen LogP contribution < -0.4 is 50.1 Å². The maximum Gasteiger partial charge on any atom is 0.335 e. The molecule has 0 amide bonds. The van der Waals surface area contributed by atoms with E-state index in [0.29, 0.717) is 62.1 Å². The van der Waals surface area contributed by atoms with E-state index >= 15 is 0 Å². The van der Waals surface area contributed by atoms with E-state index in [2.05, 4.69) is 25.9 Å². The highest BCUT2D eigenvalue weighted by atomic mass is 16.6. The van der Waals surface area contributed by atoms with Crippen LogP contribution in [0, 0.1) is 30.9 Å². The lowest BCUT2D eigenvalue weighted by molar-refractivity contribution is -0.384. The molecule has 0 spiro atoms. The second-order valence-corrected chi connectivity index (χ2v) is 21.8. The van der Waals surface area contributed by atoms with Crippen LogP contribution in [-0.4, -0.2) is 162 Å². The van der Waals surface area contributed by atoms with E-state index in [0.717, 1.165) is 11.6 Å². The van der Waals surface area contributed by atoms with Crippen molar-refractivity contribution in [2.45, 2.75) is 20.8 Å². The number of hydrogen-bond acceptors (Lipinski definition) is 24. The first kappa shape index (κ1) is 80.0. The number of carbonyl (C=O) groups is 9. The first-order chi connectivity index (χ1) is 50.1. The number of methoxy groups -OCH3 is 6. The standard InChI is InChI=1S/C16H14N2O7.C16H12N2O6.C16H16N2O5.C16H15NO5.C8H8O4/c1-8-5-10(16(21)22)6-12(18(23)24)14(8)17-11-4-3-9(15(19)20)7-13(11)25-2;1-23-11-5-7(15(19)20)3-9-13(11)18-14-10(17-9)4-8(16(21)22)6-12(14)24-2;1-8-5-10(16(21)22)6-11(17)14(8)18-12-4-3-9(15(19)20)7-13(12)23-2;1-9-7-10(15(18)19)3-5-12(9)17-13-6-4-11(16(20)21)8-14(13)22-2;1-12-7-4-5(8(10)11)2-3-6(7)9/h3-7,17H,1-2H3,(H,19,20)(H,21,22);3-6H,1-2H3,(H,19,20)(H,21,22);3-7,18H,17H2,1-2H3,(H,19,20)(H,21,22);3-8,17H,1-2H3,(H,18,19)(H,20,21);2-4,9H,1H3,(H,10,11). The number of aromatic carboxylic acids is 9. The number of carboxylic acids is 9. The molecular formula is C72H65N7O27. The number of rotatable bonds is 22. The van der Waals surface area contributed by atoms with Gasteiger partial charge in [-0.1, -0.05) is 0 Å². The fourth-order valence-corrected chi connectivity index (χ4v) is 9.63. The molecule has 0 fully saturated rings. The Bertz CT molecular complexity index is 5040. The number of fused-ring (bicyclic) bond motifs is 2. The lowest BCUT2D eigenvalue weighted by Gasteiger charge is -2.16. The predicted molar refractivity (Wildman–Crippen MR) is 381 cm³/mol. The third kappa shape index (κ3) is 19.9. The van der Waals surface area contributed by atoms with E-state index in [1.54, 1.807) is 38.1 Å². The monoisotopic (exact) mass is 1460 g/mol. The number of nitro groups is 1. The quantitative estimate of drug-likeness (QED) is 0.0130. The van der Waals surface area contributed by atoms with Crippen molar-refractivity contribution in [2.24, 2.45) is 0 Å². The summed E-state index contributed by atoms with van der Waals surface area (Å²) in [6.45, 7) is 5.04. The Kier molecular flexibility index (Phi) is 26.7. The number of nitrogens with zero attached hydrogens (tertiary/aromatic N) is 3. The molecule has 1 heterocycles. The van der Waals surface area contributed by atoms with Crippen molar-refractivity contribution in [3.63, 3.8) is 0 Å². The number of aromatic hydroxyl groups is 1. The molecule has 0 aliphatic rings. The first-order valence-corrected chi connectivity index (χ1v) is 30.1. The largest absolute Gasteiger partial charge is 0.504 e. The summed E-state index contributed by atoms with van der Waals surface area (Å²) in [7, 11) is 8.37. The Morgan fingerprint density at radius 1 is 0.349 bits per heavy atom. The van der Waals surface area contributed by atoms with Crippen LogP contribution in [0.4, 0.5) is 45.5 Å². The van der Waals surface area contributed by atoms with Gasteiger partial charge in [-0.25, -0.2) is 53.1 Å². The van der Waals surface area contributed by atoms with E-state index in [1.165, 1.54) is 159 Å². The molecule has 0 saturated heterocycles. The van der Waals surface area contributed by atoms with Crippen molar-refractivity contribution < 1.29 is 128 Å². The van der Waals surface area contributed by atoms with Gasteiger partial charge in [0.2, 0.25) is 0 Å². The number of nitrogen functional groups attached to an aromatic ring is 1. The molecule has 34 nitrogen and oxygen atoms in total. The summed E-state index contributed by atoms with van der Waals surface area (Å²) < 4.78 is 30.6. The van der Waals surface area contributed by atoms with Crippen LogP contribution in [0.5, 0.6) is 40.2 Å². The number of hydrogen-bond donors (Lipinski definition) is 14. The Balaban J connectivity index is 0.000000211. The molecular weight excluding hydrogens is 1390 g/mol. The molecule has 0 aliphatic heterocycles. The zero-order valence-electron chi connectivity index (χ0n) is 57.1. The number of aromatic nitrogens is 2. The third-order valence-electron chi connectivity index (χ3n) is 14.9. The van der Waals surface area contributed by atoms with Crippen LogP contribution in [-0.2, 0) is 0 Å². The van der Waals surface area contributed by atoms with Crippen molar-refractivity contribution in [2.75, 3.05) is 64.3 Å². The minimum atomic E-state index is -1.28. The second-order valence-electron chi connectivity index (χ2n) is 21.8. The molecule has 10 aromatic rings. The molecule has 1 aromatic heterocycles. The van der Waals surface area contributed by atoms with Crippen LogP contribution in [0.25, 0.3) is 22.1 Å². The number of aryl methyl sites for hydroxylation is 3. The number of nitro benzene ring substituents is 1. The van der Waals surface area contributed by atoms with Crippen LogP contribution in [0.1, 0.15) is 110 Å². The number of phenols is 1. The second kappa shape index (κ2) is 35.4. The molecule has 106 heavy (non-hydrogen) atoms. The number of phenolic OH excluding ortho intramolecular Hbond substituents is 1. The predicted octanol–water partition coefficient (Wildman–Crippen LogP) is 12.2. The lowest BCUT2D eigenvalue weighted by Crippen LogP contribution is -2.05. The number of anilines is 7. The number of nitrogens with two attached hydrogens (primary N) is 1. The van der Waals surface area contributed by atoms with Crippen LogP contribution in [0.2, 0.25) is 0 Å². The van der Waals surface area contributed by atoms with Gasteiger partial charge in [-0.15, -0.1) is 0 Å². The molecule has 0 aliphatic carbocycles. The minimum Gasteiger partial charge on any atom is -0.504 e. The van der Waals surface area contributed by atoms with Crippen molar-refractivity contribution in [3.8, 4) is 40.2 Å². The van der Waals surface area contributed by atoms with Gasteiger partial charge < -0.3 is 101 Å². The first-order valence-electron chi connectivity index (χ1n) is 30.1. The molecule has 10 rings (SSSR count). The van der Waals surface area contributed by atoms with E-state index in [-0.39, 0.29) is 101 Å². The van der Waals surface area contributed by atoms with Gasteiger partial charge in [0.25, 0.3) is 5.69 Å². The van der Waals surface area contributed by atoms with Crippen molar-refractivity contribution in [1.29, 1.82) is 0 Å². The van der Waals surface area contributed by atoms with Crippen LogP contribution in [0.3, 0.4) is 0 Å². The van der Waals surface area contributed by atoms with E-state index in [4.69, 9.17) is 75.0 Å². The van der Waals surface area contributed by atoms with Gasteiger partial charge >= 0.3 is 53.7 Å². The Morgan fingerprint density at radius 3 is 0.991 bits per heavy atom. The summed E-state index contributed by atoms with van der Waals surface area (Å²) in [4.78, 5) is 118. The fourth-order valence-electron chi connectivity index (χ4n) is 9.63. The molecule has 0 unspecified atom stereocenters. The van der Waals surface area contributed by atoms with Gasteiger partial charge in [-0.2, -0.15) is 0 Å². The van der Waals surface area contributed by atoms with E-state index < -0.39 is 64.3 Å². The van der Waals surface area contributed by atoms with Gasteiger partial charge in [0.15, 0.2) is 11.5 Å². The summed E-state index contributed by atoms with van der Waals surface area (Å²) in [6, 6.07) is 32.0. The average Bonchev–Trinajstić information content (AvgIpc) is 0.766. The molecule has 0 bridgehead atoms. The molecule has 9 aromatic carbocycles. The normalized spacial score (nSPS) is 10.2. The molecule has 34 heteroatoms. The highest BCUT2D eigenvalue weighted by molar-refractivity contribution is 6.01. The molecule has 0 saturated carbocycles. The van der Waals surface area contributed by atoms with Crippen molar-refractivity contribution >= 4 is 121 Å². The summed E-state index contributed by atoms with van der Waals surface area (Å²) in [6.07, 6.45) is 0. The highest BCUT2D eigenvalue weighted by Gasteiger charge is 2.24. The number of ether oxygens (including phenoxy) is 6. The summed E-state index contributed by atoms with van der Waals surface area (Å²) >= 11 is 0. The van der Waals surface area contributed by atoms with Gasteiger partial charge in [0, 0.05) is 11.8 Å². The minimum absolute atomic E-state index is 0.00477. The number of benzene rings is 9. The van der Waals surface area contributed by atoms with Gasteiger partial charge in [-0.3, -0.25) is 10.1 Å². The maximum atomic E-state index is 11.3. The summed E-state index contributed by atoms with van der Waals surface area (Å²) in [5.41, 5.74) is 12.0. The van der Waals surface area contributed by atoms with Crippen LogP contribution in [0.15, 0.2) is 140 Å². The molecule has 0 atom stereocenters. The van der Waals surface area contributed by atoms with Crippen LogP contribution >= 0.6 is 0 Å². The topological polar surface area (TPSA) is 542 Å². The molecule has 550 valence electrons. The summed E-state index contributed by atoms with van der Waals surface area (Å²) in [5.74, 6) is -8.36. The molecule has 15 N–H and O–H groups in total. The zero-order valence-corrected chi connectivity index (χ0v) is 57.1. The van der Waals surface area contributed by atoms with Gasteiger partial charge in [0.1, 0.15) is 45.5 Å². The van der Waals surface area contributed by atoms with Crippen molar-refractivity contribution in [1.82, 2.24) is 9.97 Å². The number of carboxylic acid groups (broad SMARTS) is 9. The van der Waals surface area contributed by atoms with Gasteiger partial charge in [-0.05, 0) is 171 Å². The van der Waals surface area contributed by atoms with Crippen molar-refractivity contribution in [3.05, 3.63) is 216 Å².